The molecule has 5 atom stereocenters. The largest absolute Gasteiger partial charge is 0.311 e. The predicted molar refractivity (Wildman–Crippen MR) is 172 cm³/mol. The van der Waals surface area contributed by atoms with Gasteiger partial charge in [-0.2, -0.15) is 0 Å². The molecular formula is C36H58N4. The molecule has 0 bridgehead atoms. The van der Waals surface area contributed by atoms with E-state index in [9.17, 15) is 0 Å². The molecule has 4 N–H and O–H groups in total. The maximum atomic E-state index is 4.11. The van der Waals surface area contributed by atoms with Crippen molar-refractivity contribution >= 4 is 0 Å². The summed E-state index contributed by atoms with van der Waals surface area (Å²) in [4.78, 5) is 0. The summed E-state index contributed by atoms with van der Waals surface area (Å²) in [6, 6.07) is 22.5. The Kier molecular flexibility index (Phi) is 10.2. The van der Waals surface area contributed by atoms with E-state index in [1.165, 1.54) is 49.7 Å². The van der Waals surface area contributed by atoms with Crippen molar-refractivity contribution in [1.82, 2.24) is 21.3 Å². The molecule has 4 heteroatoms. The van der Waals surface area contributed by atoms with E-state index in [0.29, 0.717) is 17.8 Å². The fraction of sp³-hybridized carbons (Fsp3) is 0.667. The van der Waals surface area contributed by atoms with Gasteiger partial charge in [-0.3, -0.25) is 0 Å². The number of hydrogen-bond acceptors (Lipinski definition) is 4. The van der Waals surface area contributed by atoms with Gasteiger partial charge in [0.15, 0.2) is 0 Å². The second-order valence-corrected chi connectivity index (χ2v) is 14.7. The molecule has 2 fully saturated rings. The summed E-state index contributed by atoms with van der Waals surface area (Å²) >= 11 is 0. The molecule has 40 heavy (non-hydrogen) atoms. The molecule has 2 aliphatic carbocycles. The lowest BCUT2D eigenvalue weighted by Crippen LogP contribution is -2.44. The molecule has 0 amide bonds. The summed E-state index contributed by atoms with van der Waals surface area (Å²) < 4.78 is 0. The highest BCUT2D eigenvalue weighted by Gasteiger charge is 2.63. The SMILES string of the molecule is CCCC1(NCCNC(C)(C)C)C(CCC[C@@]2(NCCNC(C)(C)C)C[C@H]2c2ccccc2)C1c1ccccc1. The predicted octanol–water partition coefficient (Wildman–Crippen LogP) is 6.99. The number of hydrogen-bond donors (Lipinski definition) is 4. The summed E-state index contributed by atoms with van der Waals surface area (Å²) in [5.74, 6) is 1.96. The van der Waals surface area contributed by atoms with Crippen molar-refractivity contribution in [3.8, 4) is 0 Å². The van der Waals surface area contributed by atoms with E-state index in [0.717, 1.165) is 26.2 Å². The molecule has 2 saturated carbocycles. The molecule has 0 aliphatic heterocycles. The summed E-state index contributed by atoms with van der Waals surface area (Å²) in [6.45, 7) is 20.0. The minimum Gasteiger partial charge on any atom is -0.311 e. The minimum absolute atomic E-state index is 0.157. The minimum atomic E-state index is 0.157. The second kappa shape index (κ2) is 13.1. The van der Waals surface area contributed by atoms with E-state index in [-0.39, 0.29) is 22.2 Å². The Balaban J connectivity index is 1.41. The monoisotopic (exact) mass is 546 g/mol. The van der Waals surface area contributed by atoms with Crippen LogP contribution in [-0.2, 0) is 0 Å². The van der Waals surface area contributed by atoms with E-state index in [1.807, 2.05) is 0 Å². The van der Waals surface area contributed by atoms with Gasteiger partial charge in [0, 0.05) is 60.2 Å². The lowest BCUT2D eigenvalue weighted by Gasteiger charge is -2.25. The third-order valence-electron chi connectivity index (χ3n) is 9.24. The summed E-state index contributed by atoms with van der Waals surface area (Å²) in [5.41, 5.74) is 3.82. The van der Waals surface area contributed by atoms with Crippen molar-refractivity contribution < 1.29 is 0 Å². The number of nitrogens with one attached hydrogen (secondary N) is 4. The highest BCUT2D eigenvalue weighted by Crippen LogP contribution is 2.63. The molecular weight excluding hydrogens is 488 g/mol. The highest BCUT2D eigenvalue weighted by molar-refractivity contribution is 5.37. The number of benzene rings is 2. The quantitative estimate of drug-likeness (QED) is 0.171. The Hall–Kier alpha value is -1.72. The second-order valence-electron chi connectivity index (χ2n) is 14.7. The Morgan fingerprint density at radius 1 is 0.700 bits per heavy atom. The molecule has 2 aromatic carbocycles. The Bertz CT molecular complexity index is 1020. The topological polar surface area (TPSA) is 48.1 Å². The Morgan fingerprint density at radius 3 is 1.80 bits per heavy atom. The molecule has 0 saturated heterocycles. The van der Waals surface area contributed by atoms with Crippen LogP contribution < -0.4 is 21.3 Å². The van der Waals surface area contributed by atoms with Gasteiger partial charge in [0.1, 0.15) is 0 Å². The van der Waals surface area contributed by atoms with E-state index < -0.39 is 0 Å². The van der Waals surface area contributed by atoms with Crippen molar-refractivity contribution in [2.45, 2.75) is 121 Å². The maximum absolute atomic E-state index is 4.11. The van der Waals surface area contributed by atoms with Crippen LogP contribution in [0, 0.1) is 5.92 Å². The fourth-order valence-corrected chi connectivity index (χ4v) is 7.32. The van der Waals surface area contributed by atoms with Crippen LogP contribution in [-0.4, -0.2) is 48.3 Å². The van der Waals surface area contributed by atoms with Gasteiger partial charge in [-0.1, -0.05) is 80.4 Å². The van der Waals surface area contributed by atoms with Crippen molar-refractivity contribution in [2.75, 3.05) is 26.2 Å². The van der Waals surface area contributed by atoms with Crippen LogP contribution >= 0.6 is 0 Å². The first kappa shape index (κ1) is 31.2. The molecule has 0 radical (unpaired) electrons. The molecule has 0 aromatic heterocycles. The lowest BCUT2D eigenvalue weighted by molar-refractivity contribution is 0.363. The Labute approximate surface area is 245 Å². The van der Waals surface area contributed by atoms with Crippen molar-refractivity contribution in [3.63, 3.8) is 0 Å². The third kappa shape index (κ3) is 8.18. The van der Waals surface area contributed by atoms with Gasteiger partial charge < -0.3 is 21.3 Å². The summed E-state index contributed by atoms with van der Waals surface area (Å²) in [7, 11) is 0. The van der Waals surface area contributed by atoms with Gasteiger partial charge in [-0.25, -0.2) is 0 Å². The molecule has 0 heterocycles. The van der Waals surface area contributed by atoms with Crippen LogP contribution in [0.15, 0.2) is 60.7 Å². The summed E-state index contributed by atoms with van der Waals surface area (Å²) in [6.07, 6.45) is 7.57. The Morgan fingerprint density at radius 2 is 1.25 bits per heavy atom. The van der Waals surface area contributed by atoms with Crippen molar-refractivity contribution in [1.29, 1.82) is 0 Å². The van der Waals surface area contributed by atoms with E-state index in [1.54, 1.807) is 0 Å². The standard InChI is InChI=1S/C36H58N4/c1-8-21-36(40-26-24-38-34(5,6)7)30(32(36)29-18-13-10-14-19-29)20-15-22-35(39-25-23-37-33(2,3)4)27-31(35)28-16-11-9-12-17-28/h9-14,16-19,30-32,37-40H,8,15,20-27H2,1-7H3/t30?,31-,32?,35+,36?/m0/s1. The van der Waals surface area contributed by atoms with Gasteiger partial charge in [0.2, 0.25) is 0 Å². The van der Waals surface area contributed by atoms with Gasteiger partial charge in [-0.05, 0) is 84.3 Å². The zero-order chi connectivity index (χ0) is 28.9. The average molecular weight is 547 g/mol. The molecule has 2 aromatic rings. The third-order valence-corrected chi connectivity index (χ3v) is 9.24. The van der Waals surface area contributed by atoms with Crippen LogP contribution in [0.1, 0.15) is 110 Å². The molecule has 4 nitrogen and oxygen atoms in total. The van der Waals surface area contributed by atoms with Gasteiger partial charge in [-0.15, -0.1) is 0 Å². The molecule has 3 unspecified atom stereocenters. The van der Waals surface area contributed by atoms with E-state index >= 15 is 0 Å². The lowest BCUT2D eigenvalue weighted by atomic mass is 9.97. The van der Waals surface area contributed by atoms with Gasteiger partial charge in [0.05, 0.1) is 0 Å². The summed E-state index contributed by atoms with van der Waals surface area (Å²) in [5, 5.41) is 15.5. The maximum Gasteiger partial charge on any atom is 0.0288 e. The fourth-order valence-electron chi connectivity index (χ4n) is 7.32. The zero-order valence-corrected chi connectivity index (χ0v) is 26.6. The van der Waals surface area contributed by atoms with E-state index in [4.69, 9.17) is 0 Å². The van der Waals surface area contributed by atoms with E-state index in [2.05, 4.69) is 130 Å². The van der Waals surface area contributed by atoms with Gasteiger partial charge in [0.25, 0.3) is 0 Å². The first-order valence-electron chi connectivity index (χ1n) is 16.1. The zero-order valence-electron chi connectivity index (χ0n) is 26.6. The highest BCUT2D eigenvalue weighted by atomic mass is 15.1. The van der Waals surface area contributed by atoms with Crippen molar-refractivity contribution in [2.24, 2.45) is 5.92 Å². The van der Waals surface area contributed by atoms with Crippen LogP contribution in [0.5, 0.6) is 0 Å². The first-order valence-corrected chi connectivity index (χ1v) is 16.1. The smallest absolute Gasteiger partial charge is 0.0288 e. The van der Waals surface area contributed by atoms with Crippen LogP contribution in [0.4, 0.5) is 0 Å². The number of rotatable bonds is 16. The van der Waals surface area contributed by atoms with Crippen LogP contribution in [0.3, 0.4) is 0 Å². The van der Waals surface area contributed by atoms with Gasteiger partial charge >= 0.3 is 0 Å². The normalized spacial score (nSPS) is 28.0. The van der Waals surface area contributed by atoms with Crippen LogP contribution in [0.2, 0.25) is 0 Å². The molecule has 222 valence electrons. The van der Waals surface area contributed by atoms with Crippen molar-refractivity contribution in [3.05, 3.63) is 71.8 Å². The molecule has 0 spiro atoms. The van der Waals surface area contributed by atoms with Crippen LogP contribution in [0.25, 0.3) is 0 Å². The average Bonchev–Trinajstić information content (AvgIpc) is 3.78. The molecule has 4 rings (SSSR count). The first-order chi connectivity index (χ1) is 19.0. The molecule has 2 aliphatic rings.